The minimum absolute atomic E-state index is 0.0362. The van der Waals surface area contributed by atoms with Crippen LogP contribution in [0.5, 0.6) is 11.5 Å². The topological polar surface area (TPSA) is 71.1 Å². The van der Waals surface area contributed by atoms with Gasteiger partial charge in [0.1, 0.15) is 13.2 Å². The van der Waals surface area contributed by atoms with Crippen LogP contribution in [0.25, 0.3) is 0 Å². The van der Waals surface area contributed by atoms with Crippen molar-refractivity contribution in [3.63, 3.8) is 0 Å². The largest absolute Gasteiger partial charge is 0.486 e. The number of hydrogen-bond acceptors (Lipinski definition) is 6. The van der Waals surface area contributed by atoms with Gasteiger partial charge in [-0.15, -0.1) is 0 Å². The van der Waals surface area contributed by atoms with Gasteiger partial charge >= 0.3 is 0 Å². The fourth-order valence-corrected chi connectivity index (χ4v) is 3.81. The third kappa shape index (κ3) is 4.41. The Balaban J connectivity index is 1.32. The number of nitrogens with one attached hydrogen (secondary N) is 1. The first-order chi connectivity index (χ1) is 14.5. The molecule has 1 fully saturated rings. The number of carbonyl (C=O) groups excluding carboxylic acids is 2. The molecule has 1 amide bonds. The van der Waals surface area contributed by atoms with Crippen molar-refractivity contribution in [2.24, 2.45) is 0 Å². The number of hydrogen-bond donors (Lipinski definition) is 1. The number of benzene rings is 2. The summed E-state index contributed by atoms with van der Waals surface area (Å²) in [5, 5.41) is 2.99. The summed E-state index contributed by atoms with van der Waals surface area (Å²) in [4.78, 5) is 28.7. The number of Topliss-reactive ketones (excluding diaryl/α,β-unsaturated/α-hetero) is 1. The van der Waals surface area contributed by atoms with E-state index in [1.165, 1.54) is 0 Å². The normalized spacial score (nSPS) is 17.3. The van der Waals surface area contributed by atoms with Gasteiger partial charge in [-0.2, -0.15) is 0 Å². The zero-order chi connectivity index (χ0) is 21.1. The molecule has 2 aromatic rings. The molecule has 158 valence electrons. The lowest BCUT2D eigenvalue weighted by Crippen LogP contribution is -2.52. The maximum absolute atomic E-state index is 12.8. The smallest absolute Gasteiger partial charge is 0.241 e. The van der Waals surface area contributed by atoms with Gasteiger partial charge in [-0.1, -0.05) is 0 Å². The van der Waals surface area contributed by atoms with Crippen LogP contribution in [0.1, 0.15) is 24.2 Å². The van der Waals surface area contributed by atoms with Crippen LogP contribution in [0.2, 0.25) is 0 Å². The van der Waals surface area contributed by atoms with E-state index in [1.807, 2.05) is 49.4 Å². The Morgan fingerprint density at radius 3 is 2.27 bits per heavy atom. The monoisotopic (exact) mass is 409 g/mol. The van der Waals surface area contributed by atoms with E-state index in [2.05, 4.69) is 15.1 Å². The average molecular weight is 409 g/mol. The van der Waals surface area contributed by atoms with E-state index in [0.29, 0.717) is 30.4 Å². The molecule has 2 aromatic carbocycles. The van der Waals surface area contributed by atoms with Gasteiger partial charge in [0.15, 0.2) is 17.3 Å². The molecule has 2 aliphatic rings. The Bertz CT molecular complexity index is 921. The highest BCUT2D eigenvalue weighted by molar-refractivity contribution is 5.95. The molecule has 1 saturated heterocycles. The SMILES string of the molecule is CC(=O)c1ccc(N2CCN([C@@H](C)C(=O)Nc3ccc4c(c3)OCCO4)CC2)cc1. The fourth-order valence-electron chi connectivity index (χ4n) is 3.81. The number of anilines is 2. The predicted molar refractivity (Wildman–Crippen MR) is 116 cm³/mol. The highest BCUT2D eigenvalue weighted by atomic mass is 16.6. The molecule has 0 spiro atoms. The van der Waals surface area contributed by atoms with Gasteiger partial charge in [0.05, 0.1) is 6.04 Å². The number of fused-ring (bicyclic) bond motifs is 1. The van der Waals surface area contributed by atoms with Gasteiger partial charge < -0.3 is 19.7 Å². The molecule has 0 radical (unpaired) electrons. The van der Waals surface area contributed by atoms with E-state index >= 15 is 0 Å². The quantitative estimate of drug-likeness (QED) is 0.766. The second-order valence-electron chi connectivity index (χ2n) is 7.65. The average Bonchev–Trinajstić information content (AvgIpc) is 2.78. The second kappa shape index (κ2) is 8.75. The zero-order valence-electron chi connectivity index (χ0n) is 17.4. The summed E-state index contributed by atoms with van der Waals surface area (Å²) < 4.78 is 11.1. The molecule has 2 heterocycles. The van der Waals surface area contributed by atoms with E-state index < -0.39 is 0 Å². The third-order valence-electron chi connectivity index (χ3n) is 5.69. The molecule has 0 aromatic heterocycles. The lowest BCUT2D eigenvalue weighted by Gasteiger charge is -2.38. The van der Waals surface area contributed by atoms with Crippen molar-refractivity contribution in [3.05, 3.63) is 48.0 Å². The van der Waals surface area contributed by atoms with E-state index in [-0.39, 0.29) is 17.7 Å². The van der Waals surface area contributed by atoms with Crippen molar-refractivity contribution in [3.8, 4) is 11.5 Å². The van der Waals surface area contributed by atoms with Crippen LogP contribution in [0, 0.1) is 0 Å². The van der Waals surface area contributed by atoms with E-state index in [4.69, 9.17) is 9.47 Å². The predicted octanol–water partition coefficient (Wildman–Crippen LogP) is 2.81. The summed E-state index contributed by atoms with van der Waals surface area (Å²) in [5.74, 6) is 1.41. The van der Waals surface area contributed by atoms with Gasteiger partial charge in [0, 0.05) is 49.2 Å². The van der Waals surface area contributed by atoms with Gasteiger partial charge in [-0.05, 0) is 50.2 Å². The first kappa shape index (κ1) is 20.2. The lowest BCUT2D eigenvalue weighted by atomic mass is 10.1. The molecule has 4 rings (SSSR count). The lowest BCUT2D eigenvalue weighted by molar-refractivity contribution is -0.120. The Morgan fingerprint density at radius 2 is 1.60 bits per heavy atom. The van der Waals surface area contributed by atoms with Gasteiger partial charge in [-0.3, -0.25) is 14.5 Å². The first-order valence-electron chi connectivity index (χ1n) is 10.3. The molecule has 0 saturated carbocycles. The van der Waals surface area contributed by atoms with Crippen LogP contribution in [0.4, 0.5) is 11.4 Å². The Hall–Kier alpha value is -3.06. The number of carbonyl (C=O) groups is 2. The first-order valence-corrected chi connectivity index (χ1v) is 10.3. The Labute approximate surface area is 176 Å². The maximum Gasteiger partial charge on any atom is 0.241 e. The number of rotatable bonds is 5. The van der Waals surface area contributed by atoms with Gasteiger partial charge in [-0.25, -0.2) is 0 Å². The van der Waals surface area contributed by atoms with Crippen molar-refractivity contribution in [2.75, 3.05) is 49.6 Å². The number of ketones is 1. The molecule has 7 heteroatoms. The minimum Gasteiger partial charge on any atom is -0.486 e. The molecule has 7 nitrogen and oxygen atoms in total. The fraction of sp³-hybridized carbons (Fsp3) is 0.391. The third-order valence-corrected chi connectivity index (χ3v) is 5.69. The summed E-state index contributed by atoms with van der Waals surface area (Å²) in [5.41, 5.74) is 2.54. The van der Waals surface area contributed by atoms with Crippen molar-refractivity contribution < 1.29 is 19.1 Å². The highest BCUT2D eigenvalue weighted by Gasteiger charge is 2.26. The van der Waals surface area contributed by atoms with Crippen LogP contribution in [-0.2, 0) is 4.79 Å². The molecule has 1 N–H and O–H groups in total. The van der Waals surface area contributed by atoms with Crippen molar-refractivity contribution in [1.29, 1.82) is 0 Å². The molecular formula is C23H27N3O4. The molecule has 0 unspecified atom stereocenters. The summed E-state index contributed by atoms with van der Waals surface area (Å²) in [7, 11) is 0. The Kier molecular flexibility index (Phi) is 5.90. The molecular weight excluding hydrogens is 382 g/mol. The summed E-state index contributed by atoms with van der Waals surface area (Å²) in [6.07, 6.45) is 0. The molecule has 2 aliphatic heterocycles. The number of ether oxygens (including phenoxy) is 2. The van der Waals surface area contributed by atoms with Gasteiger partial charge in [0.2, 0.25) is 5.91 Å². The van der Waals surface area contributed by atoms with Crippen LogP contribution in [0.3, 0.4) is 0 Å². The van der Waals surface area contributed by atoms with Crippen molar-refractivity contribution in [1.82, 2.24) is 4.90 Å². The zero-order valence-corrected chi connectivity index (χ0v) is 17.4. The number of piperazine rings is 1. The molecule has 1 atom stereocenters. The van der Waals surface area contributed by atoms with Crippen LogP contribution >= 0.6 is 0 Å². The standard InChI is InChI=1S/C23H27N3O4/c1-16(23(28)24-19-5-8-21-22(15-19)30-14-13-29-21)25-9-11-26(12-10-25)20-6-3-18(4-7-20)17(2)27/h3-8,15-16H,9-14H2,1-2H3,(H,24,28)/t16-/m0/s1. The summed E-state index contributed by atoms with van der Waals surface area (Å²) >= 11 is 0. The molecule has 0 aliphatic carbocycles. The minimum atomic E-state index is -0.236. The number of amides is 1. The van der Waals surface area contributed by atoms with E-state index in [9.17, 15) is 9.59 Å². The highest BCUT2D eigenvalue weighted by Crippen LogP contribution is 2.32. The van der Waals surface area contributed by atoms with Crippen LogP contribution in [0.15, 0.2) is 42.5 Å². The Morgan fingerprint density at radius 1 is 0.933 bits per heavy atom. The van der Waals surface area contributed by atoms with Gasteiger partial charge in [0.25, 0.3) is 0 Å². The summed E-state index contributed by atoms with van der Waals surface area (Å²) in [6.45, 7) is 7.83. The van der Waals surface area contributed by atoms with Crippen molar-refractivity contribution in [2.45, 2.75) is 19.9 Å². The summed E-state index contributed by atoms with van der Waals surface area (Å²) in [6, 6.07) is 12.9. The number of nitrogens with zero attached hydrogens (tertiary/aromatic N) is 2. The van der Waals surface area contributed by atoms with E-state index in [0.717, 1.165) is 37.4 Å². The van der Waals surface area contributed by atoms with Crippen molar-refractivity contribution >= 4 is 23.1 Å². The van der Waals surface area contributed by atoms with Crippen LogP contribution < -0.4 is 19.7 Å². The van der Waals surface area contributed by atoms with Crippen LogP contribution in [-0.4, -0.2) is 62.0 Å². The van der Waals surface area contributed by atoms with E-state index in [1.54, 1.807) is 6.92 Å². The molecule has 30 heavy (non-hydrogen) atoms. The second-order valence-corrected chi connectivity index (χ2v) is 7.65. The molecule has 0 bridgehead atoms. The maximum atomic E-state index is 12.8.